The molecule has 5 fully saturated rings. The first-order chi connectivity index (χ1) is 24.1. The van der Waals surface area contributed by atoms with Crippen molar-refractivity contribution in [3.63, 3.8) is 0 Å². The van der Waals surface area contributed by atoms with Crippen molar-refractivity contribution in [3.05, 3.63) is 53.1 Å². The van der Waals surface area contributed by atoms with Gasteiger partial charge in [0, 0.05) is 78.6 Å². The monoisotopic (exact) mass is 686 g/mol. The Morgan fingerprint density at radius 3 is 2.44 bits per heavy atom. The Balaban J connectivity index is 1.13. The number of nitrogens with zero attached hydrogens (tertiary/aromatic N) is 5. The molecular weight excluding hydrogens is 652 g/mol. The highest BCUT2D eigenvalue weighted by Crippen LogP contribution is 2.55. The van der Waals surface area contributed by atoms with E-state index in [1.807, 2.05) is 0 Å². The summed E-state index contributed by atoms with van der Waals surface area (Å²) in [6.45, 7) is 3.52. The number of phenols is 1. The Morgan fingerprint density at radius 1 is 1.04 bits per heavy atom. The van der Waals surface area contributed by atoms with Gasteiger partial charge >= 0.3 is 6.01 Å². The molecule has 5 heterocycles. The van der Waals surface area contributed by atoms with Gasteiger partial charge in [-0.1, -0.05) is 12.0 Å². The highest BCUT2D eigenvalue weighted by Gasteiger charge is 2.56. The summed E-state index contributed by atoms with van der Waals surface area (Å²) in [6, 6.07) is 5.86. The highest BCUT2D eigenvalue weighted by molar-refractivity contribution is 6.04. The van der Waals surface area contributed by atoms with Crippen LogP contribution in [0.4, 0.5) is 23.4 Å². The molecule has 9 nitrogen and oxygen atoms in total. The lowest BCUT2D eigenvalue weighted by molar-refractivity contribution is 0.165. The van der Waals surface area contributed by atoms with E-state index in [2.05, 4.69) is 31.0 Å². The number of aromatic nitrogens is 3. The number of halogens is 4. The number of terminal acetylenes is 1. The molecule has 2 bridgehead atoms. The first-order valence-corrected chi connectivity index (χ1v) is 16.9. The molecule has 0 spiro atoms. The molecule has 2 saturated carbocycles. The topological polar surface area (TPSA) is 95.9 Å². The standard InChI is InChI=1S/C37H34F4N6O3/c1-3-22-26(38)7-4-18-10-21(48)11-23(27(18)22)31-30(39)32-29(35(43-31)49-2)34(47-12-19-5-6-20(13-47)42-19)45-36(44-32)50-17-37(8-9-37)16-46-14-24-25(15-46)28(24)33(40)41/h1,4,7,10-11,19-20,24-25,42,48H,5-6,8-9,12-17H2,2H3. The molecule has 13 heteroatoms. The van der Waals surface area contributed by atoms with Gasteiger partial charge in [-0.25, -0.2) is 13.8 Å². The fourth-order valence-corrected chi connectivity index (χ4v) is 8.53. The Morgan fingerprint density at radius 2 is 1.78 bits per heavy atom. The van der Waals surface area contributed by atoms with Crippen LogP contribution in [0.3, 0.4) is 0 Å². The van der Waals surface area contributed by atoms with Crippen LogP contribution in [0.15, 0.2) is 35.9 Å². The highest BCUT2D eigenvalue weighted by atomic mass is 19.3. The van der Waals surface area contributed by atoms with E-state index in [1.54, 1.807) is 0 Å². The number of hydrogen-bond donors (Lipinski definition) is 2. The third-order valence-corrected chi connectivity index (χ3v) is 11.2. The van der Waals surface area contributed by atoms with E-state index < -0.39 is 17.7 Å². The maximum Gasteiger partial charge on any atom is 0.319 e. The predicted molar refractivity (Wildman–Crippen MR) is 178 cm³/mol. The lowest BCUT2D eigenvalue weighted by Crippen LogP contribution is -2.51. The predicted octanol–water partition coefficient (Wildman–Crippen LogP) is 5.63. The maximum atomic E-state index is 17.1. The van der Waals surface area contributed by atoms with Gasteiger partial charge in [-0.3, -0.25) is 0 Å². The lowest BCUT2D eigenvalue weighted by atomic mass is 9.95. The van der Waals surface area contributed by atoms with E-state index in [0.717, 1.165) is 32.2 Å². The number of pyridine rings is 1. The van der Waals surface area contributed by atoms with Crippen LogP contribution in [0.1, 0.15) is 31.2 Å². The van der Waals surface area contributed by atoms with Gasteiger partial charge in [0.2, 0.25) is 5.88 Å². The van der Waals surface area contributed by atoms with Gasteiger partial charge in [0.1, 0.15) is 34.0 Å². The number of methoxy groups -OCH3 is 1. The summed E-state index contributed by atoms with van der Waals surface area (Å²) in [5, 5.41) is 15.1. The van der Waals surface area contributed by atoms with Gasteiger partial charge in [0.15, 0.2) is 5.82 Å². The molecule has 9 rings (SSSR count). The molecule has 4 aromatic rings. The Labute approximate surface area is 285 Å². The molecule has 50 heavy (non-hydrogen) atoms. The number of piperidine rings is 1. The van der Waals surface area contributed by atoms with E-state index in [1.165, 1.54) is 31.4 Å². The molecule has 2 aromatic carbocycles. The number of piperazine rings is 1. The number of anilines is 1. The van der Waals surface area contributed by atoms with Crippen molar-refractivity contribution < 1.29 is 32.1 Å². The Bertz CT molecular complexity index is 2140. The number of likely N-dealkylation sites (tertiary alicyclic amines) is 1. The van der Waals surface area contributed by atoms with Gasteiger partial charge in [-0.2, -0.15) is 18.7 Å². The molecule has 3 saturated heterocycles. The molecule has 2 aromatic heterocycles. The number of fused-ring (bicyclic) bond motifs is 5. The number of rotatable bonds is 8. The molecular formula is C37H34F4N6O3. The molecule has 0 amide bonds. The number of ether oxygens (including phenoxy) is 2. The zero-order valence-electron chi connectivity index (χ0n) is 27.3. The van der Waals surface area contributed by atoms with Crippen LogP contribution >= 0.6 is 0 Å². The van der Waals surface area contributed by atoms with Crippen LogP contribution in [0.25, 0.3) is 32.9 Å². The van der Waals surface area contributed by atoms with E-state index in [9.17, 15) is 18.3 Å². The van der Waals surface area contributed by atoms with E-state index >= 15 is 4.39 Å². The third kappa shape index (κ3) is 5.10. The van der Waals surface area contributed by atoms with Crippen LogP contribution in [0.2, 0.25) is 0 Å². The number of hydrogen-bond acceptors (Lipinski definition) is 9. The molecule has 0 radical (unpaired) electrons. The third-order valence-electron chi connectivity index (χ3n) is 11.2. The van der Waals surface area contributed by atoms with E-state index in [0.29, 0.717) is 43.0 Å². The summed E-state index contributed by atoms with van der Waals surface area (Å²) >= 11 is 0. The minimum Gasteiger partial charge on any atom is -0.508 e. The molecule has 2 aliphatic carbocycles. The van der Waals surface area contributed by atoms with Gasteiger partial charge in [0.05, 0.1) is 19.3 Å². The Kier molecular flexibility index (Phi) is 7.16. The molecule has 4 atom stereocenters. The van der Waals surface area contributed by atoms with Crippen molar-refractivity contribution in [2.45, 2.75) is 37.8 Å². The normalized spacial score (nSPS) is 24.8. The zero-order valence-corrected chi connectivity index (χ0v) is 27.3. The quantitative estimate of drug-likeness (QED) is 0.181. The van der Waals surface area contributed by atoms with Crippen molar-refractivity contribution >= 4 is 27.5 Å². The molecule has 258 valence electrons. The average Bonchev–Trinajstić information content (AvgIpc) is 3.94. The van der Waals surface area contributed by atoms with Gasteiger partial charge in [0.25, 0.3) is 6.08 Å². The van der Waals surface area contributed by atoms with Crippen LogP contribution < -0.4 is 19.7 Å². The van der Waals surface area contributed by atoms with Gasteiger partial charge in [-0.05, 0) is 49.3 Å². The van der Waals surface area contributed by atoms with Crippen molar-refractivity contribution in [3.8, 4) is 41.2 Å². The molecule has 4 unspecified atom stereocenters. The van der Waals surface area contributed by atoms with E-state index in [-0.39, 0.29) is 86.7 Å². The number of aromatic hydroxyl groups is 1. The number of nitrogens with one attached hydrogen (secondary N) is 1. The summed E-state index contributed by atoms with van der Waals surface area (Å²) < 4.78 is 70.3. The second kappa shape index (κ2) is 11.4. The van der Waals surface area contributed by atoms with Crippen molar-refractivity contribution in [1.82, 2.24) is 25.2 Å². The van der Waals surface area contributed by atoms with Crippen LogP contribution in [0.5, 0.6) is 17.6 Å². The summed E-state index contributed by atoms with van der Waals surface area (Å²) in [4.78, 5) is 18.4. The maximum absolute atomic E-state index is 17.1. The average molecular weight is 687 g/mol. The van der Waals surface area contributed by atoms with Crippen LogP contribution in [0, 0.1) is 41.2 Å². The van der Waals surface area contributed by atoms with Crippen LogP contribution in [-0.4, -0.2) is 83.5 Å². The zero-order chi connectivity index (χ0) is 34.5. The number of benzene rings is 2. The second-order valence-corrected chi connectivity index (χ2v) is 14.4. The SMILES string of the molecule is C#Cc1c(F)ccc2cc(O)cc(-c3nc(OC)c4c(N5CC6CCC(C5)N6)nc(OCC5(CN6CC7C(=C(F)F)C7C6)CC5)nc4c3F)c12. The first kappa shape index (κ1) is 31.3. The van der Waals surface area contributed by atoms with Crippen molar-refractivity contribution in [2.24, 2.45) is 17.3 Å². The largest absolute Gasteiger partial charge is 0.508 e. The summed E-state index contributed by atoms with van der Waals surface area (Å²) in [7, 11) is 1.42. The van der Waals surface area contributed by atoms with E-state index in [4.69, 9.17) is 20.9 Å². The fraction of sp³-hybridized carbons (Fsp3) is 0.432. The smallest absolute Gasteiger partial charge is 0.319 e. The Hall–Kier alpha value is -4.67. The molecule has 3 aliphatic heterocycles. The summed E-state index contributed by atoms with van der Waals surface area (Å²) in [5.74, 6) is 1.10. The van der Waals surface area contributed by atoms with Crippen molar-refractivity contribution in [1.29, 1.82) is 0 Å². The first-order valence-electron chi connectivity index (χ1n) is 16.9. The minimum atomic E-state index is -1.53. The molecule has 5 aliphatic rings. The van der Waals surface area contributed by atoms with Gasteiger partial charge in [-0.15, -0.1) is 6.42 Å². The minimum absolute atomic E-state index is 0.00660. The lowest BCUT2D eigenvalue weighted by Gasteiger charge is -2.34. The summed E-state index contributed by atoms with van der Waals surface area (Å²) in [5.41, 5.74) is -0.181. The second-order valence-electron chi connectivity index (χ2n) is 14.4. The van der Waals surface area contributed by atoms with Crippen molar-refractivity contribution in [2.75, 3.05) is 51.3 Å². The van der Waals surface area contributed by atoms with Gasteiger partial charge < -0.3 is 29.7 Å². The summed E-state index contributed by atoms with van der Waals surface area (Å²) in [6.07, 6.45) is 8.02. The van der Waals surface area contributed by atoms with Crippen LogP contribution in [-0.2, 0) is 0 Å². The number of phenolic OH excluding ortho intramolecular Hbond substituents is 1. The molecule has 2 N–H and O–H groups in total. The fourth-order valence-electron chi connectivity index (χ4n) is 8.53.